The van der Waals surface area contributed by atoms with Crippen molar-refractivity contribution in [2.75, 3.05) is 37.7 Å². The summed E-state index contributed by atoms with van der Waals surface area (Å²) in [5.41, 5.74) is 0.0102. The molecule has 0 aliphatic carbocycles. The summed E-state index contributed by atoms with van der Waals surface area (Å²) in [5, 5.41) is 5.31. The average Bonchev–Trinajstić information content (AvgIpc) is 3.03. The summed E-state index contributed by atoms with van der Waals surface area (Å²) in [6.45, 7) is 6.71. The molecule has 2 aliphatic rings. The maximum Gasteiger partial charge on any atom is 0.293 e. The monoisotopic (exact) mass is 358 g/mol. The molecule has 2 aromatic heterocycles. The van der Waals surface area contributed by atoms with Crippen LogP contribution in [0, 0.1) is 5.82 Å². The first-order valence-corrected chi connectivity index (χ1v) is 8.27. The van der Waals surface area contributed by atoms with Crippen LogP contribution in [0.4, 0.5) is 10.1 Å². The molecule has 3 aromatic rings. The van der Waals surface area contributed by atoms with Crippen LogP contribution in [-0.4, -0.2) is 42.5 Å². The minimum absolute atomic E-state index is 0.0663. The largest absolute Gasteiger partial charge is 0.483 e. The molecule has 0 saturated carbocycles. The van der Waals surface area contributed by atoms with Crippen molar-refractivity contribution >= 4 is 33.4 Å². The number of benzene rings is 1. The molecule has 0 spiro atoms. The van der Waals surface area contributed by atoms with Gasteiger partial charge in [-0.2, -0.15) is 5.16 Å². The van der Waals surface area contributed by atoms with Crippen LogP contribution in [0.1, 0.15) is 0 Å². The third kappa shape index (κ3) is 1.86. The van der Waals surface area contributed by atoms with Crippen molar-refractivity contribution in [2.24, 2.45) is 0 Å². The molecule has 4 heterocycles. The fourth-order valence-corrected chi connectivity index (χ4v) is 3.73. The van der Waals surface area contributed by atoms with Gasteiger partial charge in [0.25, 0.3) is 5.56 Å². The number of pyridine rings is 1. The number of rotatable bonds is 1. The highest BCUT2D eigenvalue weighted by atomic mass is 19.1. The summed E-state index contributed by atoms with van der Waals surface area (Å²) in [6.07, 6.45) is 0. The average molecular weight is 358 g/mol. The van der Waals surface area contributed by atoms with E-state index in [9.17, 15) is 14.0 Å². The summed E-state index contributed by atoms with van der Waals surface area (Å²) in [5.74, 6) is -0.276. The van der Waals surface area contributed by atoms with Gasteiger partial charge in [0.1, 0.15) is 17.8 Å². The highest BCUT2D eigenvalue weighted by Crippen LogP contribution is 2.42. The van der Waals surface area contributed by atoms with Crippen LogP contribution in [0.2, 0.25) is 0 Å². The second-order valence-electron chi connectivity index (χ2n) is 6.40. The second kappa shape index (κ2) is 5.21. The Morgan fingerprint density at radius 2 is 2.00 bits per heavy atom. The number of hydrogen-bond donors (Lipinski definition) is 2. The van der Waals surface area contributed by atoms with Gasteiger partial charge in [0, 0.05) is 26.2 Å². The van der Waals surface area contributed by atoms with Crippen LogP contribution in [-0.2, 0) is 0 Å². The number of aromatic amines is 1. The number of piperazine rings is 1. The van der Waals surface area contributed by atoms with E-state index in [4.69, 9.17) is 9.26 Å². The SMILES string of the molecule is C=C1COc2c(N3CCNCC3)c(F)cc3c(=O)c4c(=O)[nH]oc4n1c23. The van der Waals surface area contributed by atoms with Gasteiger partial charge in [0.15, 0.2) is 17.0 Å². The minimum Gasteiger partial charge on any atom is -0.483 e. The number of H-pyrrole nitrogens is 1. The number of fused-ring (bicyclic) bond motifs is 2. The molecule has 0 bridgehead atoms. The van der Waals surface area contributed by atoms with Crippen molar-refractivity contribution in [3.05, 3.63) is 39.0 Å². The molecule has 0 unspecified atom stereocenters. The Bertz CT molecular complexity index is 1200. The molecule has 2 aliphatic heterocycles. The topological polar surface area (TPSA) is 92.5 Å². The Kier molecular flexibility index (Phi) is 3.05. The normalized spacial score (nSPS) is 17.1. The van der Waals surface area contributed by atoms with E-state index in [2.05, 4.69) is 17.1 Å². The summed E-state index contributed by atoms with van der Waals surface area (Å²) >= 11 is 0. The van der Waals surface area contributed by atoms with Crippen molar-refractivity contribution in [2.45, 2.75) is 0 Å². The van der Waals surface area contributed by atoms with E-state index in [1.165, 1.54) is 6.07 Å². The number of ether oxygens (including phenoxy) is 1. The summed E-state index contributed by atoms with van der Waals surface area (Å²) in [4.78, 5) is 26.7. The Morgan fingerprint density at radius 1 is 1.23 bits per heavy atom. The van der Waals surface area contributed by atoms with Gasteiger partial charge in [-0.1, -0.05) is 6.58 Å². The maximum absolute atomic E-state index is 15.0. The van der Waals surface area contributed by atoms with Crippen molar-refractivity contribution in [1.29, 1.82) is 0 Å². The lowest BCUT2D eigenvalue weighted by Gasteiger charge is -2.33. The van der Waals surface area contributed by atoms with Gasteiger partial charge in [0.05, 0.1) is 11.1 Å². The lowest BCUT2D eigenvalue weighted by molar-refractivity contribution is 0.353. The fraction of sp³-hybridized carbons (Fsp3) is 0.294. The van der Waals surface area contributed by atoms with E-state index in [-0.39, 0.29) is 28.8 Å². The molecular formula is C17H15FN4O4. The smallest absolute Gasteiger partial charge is 0.293 e. The van der Waals surface area contributed by atoms with Gasteiger partial charge in [0.2, 0.25) is 11.1 Å². The van der Waals surface area contributed by atoms with Gasteiger partial charge in [-0.25, -0.2) is 4.39 Å². The highest BCUT2D eigenvalue weighted by Gasteiger charge is 2.30. The maximum atomic E-state index is 15.0. The molecule has 2 N–H and O–H groups in total. The number of nitrogens with zero attached hydrogens (tertiary/aromatic N) is 2. The van der Waals surface area contributed by atoms with Crippen molar-refractivity contribution in [1.82, 2.24) is 15.0 Å². The minimum atomic E-state index is -0.650. The molecule has 0 radical (unpaired) electrons. The third-order valence-corrected chi connectivity index (χ3v) is 4.89. The van der Waals surface area contributed by atoms with Crippen molar-refractivity contribution < 1.29 is 13.7 Å². The molecule has 0 atom stereocenters. The Hall–Kier alpha value is -3.07. The zero-order valence-corrected chi connectivity index (χ0v) is 13.7. The first kappa shape index (κ1) is 15.2. The molecule has 134 valence electrons. The van der Waals surface area contributed by atoms with Gasteiger partial charge < -0.3 is 19.5 Å². The molecule has 0 amide bonds. The van der Waals surface area contributed by atoms with Crippen LogP contribution in [0.15, 0.2) is 26.8 Å². The van der Waals surface area contributed by atoms with Gasteiger partial charge in [-0.05, 0) is 6.07 Å². The molecular weight excluding hydrogens is 343 g/mol. The van der Waals surface area contributed by atoms with E-state index in [1.807, 2.05) is 4.90 Å². The zero-order valence-electron chi connectivity index (χ0n) is 13.7. The lowest BCUT2D eigenvalue weighted by atomic mass is 10.1. The van der Waals surface area contributed by atoms with Crippen LogP contribution in [0.25, 0.3) is 27.7 Å². The molecule has 9 heteroatoms. The zero-order chi connectivity index (χ0) is 18.0. The third-order valence-electron chi connectivity index (χ3n) is 4.89. The Labute approximate surface area is 145 Å². The van der Waals surface area contributed by atoms with Gasteiger partial charge in [-0.3, -0.25) is 14.2 Å². The predicted octanol–water partition coefficient (Wildman–Crippen LogP) is 0.848. The van der Waals surface area contributed by atoms with Gasteiger partial charge >= 0.3 is 0 Å². The lowest BCUT2D eigenvalue weighted by Crippen LogP contribution is -2.44. The van der Waals surface area contributed by atoms with Crippen LogP contribution in [0.3, 0.4) is 0 Å². The summed E-state index contributed by atoms with van der Waals surface area (Å²) in [6, 6.07) is 1.17. The van der Waals surface area contributed by atoms with E-state index < -0.39 is 16.8 Å². The van der Waals surface area contributed by atoms with Crippen molar-refractivity contribution in [3.63, 3.8) is 0 Å². The Balaban J connectivity index is 1.97. The van der Waals surface area contributed by atoms with Crippen molar-refractivity contribution in [3.8, 4) is 5.75 Å². The quantitative estimate of drug-likeness (QED) is 0.670. The first-order chi connectivity index (χ1) is 12.6. The standard InChI is InChI=1S/C17H15FN4O4/c1-8-7-25-15-12-9(6-10(18)13(15)21-4-2-19-3-5-21)14(23)11-16(24)20-26-17(11)22(8)12/h6,19H,1-5,7H2,(H,20,24). The number of hydrogen-bond acceptors (Lipinski definition) is 6. The van der Waals surface area contributed by atoms with E-state index in [0.717, 1.165) is 13.1 Å². The van der Waals surface area contributed by atoms with Gasteiger partial charge in [-0.15, -0.1) is 0 Å². The highest BCUT2D eigenvalue weighted by molar-refractivity contribution is 6.01. The number of nitrogens with one attached hydrogen (secondary N) is 2. The number of anilines is 1. The molecule has 1 saturated heterocycles. The molecule has 1 fully saturated rings. The van der Waals surface area contributed by atoms with Crippen LogP contribution < -0.4 is 25.9 Å². The van der Waals surface area contributed by atoms with E-state index >= 15 is 0 Å². The number of halogens is 1. The molecule has 5 rings (SSSR count). The van der Waals surface area contributed by atoms with E-state index in [1.54, 1.807) is 4.57 Å². The fourth-order valence-electron chi connectivity index (χ4n) is 3.73. The Morgan fingerprint density at radius 3 is 2.77 bits per heavy atom. The second-order valence-corrected chi connectivity index (χ2v) is 6.40. The number of aromatic nitrogens is 2. The molecule has 26 heavy (non-hydrogen) atoms. The van der Waals surface area contributed by atoms with Crippen LogP contribution in [0.5, 0.6) is 5.75 Å². The summed E-state index contributed by atoms with van der Waals surface area (Å²) in [7, 11) is 0. The molecule has 8 nitrogen and oxygen atoms in total. The predicted molar refractivity (Wildman–Crippen MR) is 94.5 cm³/mol. The first-order valence-electron chi connectivity index (χ1n) is 8.27. The molecule has 1 aromatic carbocycles. The van der Waals surface area contributed by atoms with Crippen LogP contribution >= 0.6 is 0 Å². The van der Waals surface area contributed by atoms with E-state index in [0.29, 0.717) is 30.0 Å². The summed E-state index contributed by atoms with van der Waals surface area (Å²) < 4.78 is 27.6.